The van der Waals surface area contributed by atoms with Gasteiger partial charge in [0.1, 0.15) is 0 Å². The van der Waals surface area contributed by atoms with Crippen LogP contribution in [0.3, 0.4) is 0 Å². The highest BCUT2D eigenvalue weighted by Crippen LogP contribution is 2.18. The Kier molecular flexibility index (Phi) is 8.57. The van der Waals surface area contributed by atoms with Crippen LogP contribution in [0.2, 0.25) is 0 Å². The molecule has 1 aromatic rings. The summed E-state index contributed by atoms with van der Waals surface area (Å²) in [6.45, 7) is 5.54. The molecule has 0 saturated heterocycles. The quantitative estimate of drug-likeness (QED) is 0.541. The molecule has 0 bridgehead atoms. The Balaban J connectivity index is 2.50. The Hall–Kier alpha value is -1.93. The summed E-state index contributed by atoms with van der Waals surface area (Å²) < 4.78 is 1.70. The van der Waals surface area contributed by atoms with Gasteiger partial charge >= 0.3 is 11.8 Å². The van der Waals surface area contributed by atoms with Crippen molar-refractivity contribution in [3.63, 3.8) is 0 Å². The fourth-order valence-corrected chi connectivity index (χ4v) is 2.60. The van der Waals surface area contributed by atoms with Crippen LogP contribution in [-0.4, -0.2) is 64.4 Å². The van der Waals surface area contributed by atoms with Gasteiger partial charge in [-0.3, -0.25) is 14.3 Å². The van der Waals surface area contributed by atoms with Gasteiger partial charge < -0.3 is 20.6 Å². The second-order valence-corrected chi connectivity index (χ2v) is 6.66. The van der Waals surface area contributed by atoms with Gasteiger partial charge in [-0.05, 0) is 26.9 Å². The second kappa shape index (κ2) is 10.1. The van der Waals surface area contributed by atoms with Crippen LogP contribution in [0, 0.1) is 0 Å². The minimum Gasteiger partial charge on any atom is -0.388 e. The highest BCUT2D eigenvalue weighted by Gasteiger charge is 2.26. The smallest absolute Gasteiger partial charge is 0.313 e. The first kappa shape index (κ1) is 21.1. The van der Waals surface area contributed by atoms with Crippen LogP contribution in [0.5, 0.6) is 0 Å². The summed E-state index contributed by atoms with van der Waals surface area (Å²) in [6.07, 6.45) is 5.97. The van der Waals surface area contributed by atoms with E-state index in [1.54, 1.807) is 10.9 Å². The molecule has 1 rings (SSSR count). The first-order valence-corrected chi connectivity index (χ1v) is 8.78. The predicted octanol–water partition coefficient (Wildman–Crippen LogP) is 0.831. The number of nitrogens with zero attached hydrogens (tertiary/aromatic N) is 3. The van der Waals surface area contributed by atoms with Crippen molar-refractivity contribution >= 4 is 17.5 Å². The molecule has 2 amide bonds. The van der Waals surface area contributed by atoms with E-state index in [-0.39, 0.29) is 6.54 Å². The molecule has 8 nitrogen and oxygen atoms in total. The number of carbonyl (C=O) groups is 2. The number of carbonyl (C=O) groups excluding carboxylic acids is 2. The summed E-state index contributed by atoms with van der Waals surface area (Å²) >= 11 is 0. The lowest BCUT2D eigenvalue weighted by Gasteiger charge is -2.27. The monoisotopic (exact) mass is 353 g/mol. The maximum absolute atomic E-state index is 12.0. The van der Waals surface area contributed by atoms with Crippen LogP contribution >= 0.6 is 0 Å². The maximum Gasteiger partial charge on any atom is 0.313 e. The summed E-state index contributed by atoms with van der Waals surface area (Å²) in [5.74, 6) is -1.52. The zero-order chi connectivity index (χ0) is 18.9. The maximum atomic E-state index is 12.0. The molecule has 142 valence electrons. The Bertz CT molecular complexity index is 550. The minimum atomic E-state index is -0.962. The van der Waals surface area contributed by atoms with Crippen LogP contribution in [0.1, 0.15) is 39.5 Å². The fourth-order valence-electron chi connectivity index (χ4n) is 2.60. The molecule has 0 spiro atoms. The van der Waals surface area contributed by atoms with E-state index in [2.05, 4.69) is 15.7 Å². The average molecular weight is 353 g/mol. The van der Waals surface area contributed by atoms with Crippen LogP contribution in [0.25, 0.3) is 0 Å². The van der Waals surface area contributed by atoms with Crippen LogP contribution in [0.15, 0.2) is 12.4 Å². The number of hydrogen-bond acceptors (Lipinski definition) is 5. The molecule has 25 heavy (non-hydrogen) atoms. The molecule has 8 heteroatoms. The number of aromatic nitrogens is 2. The van der Waals surface area contributed by atoms with E-state index in [4.69, 9.17) is 0 Å². The number of hydrogen-bond donors (Lipinski definition) is 3. The predicted molar refractivity (Wildman–Crippen MR) is 97.2 cm³/mol. The lowest BCUT2D eigenvalue weighted by Crippen LogP contribution is -2.46. The zero-order valence-electron chi connectivity index (χ0n) is 15.7. The van der Waals surface area contributed by atoms with Gasteiger partial charge in [-0.15, -0.1) is 0 Å². The van der Waals surface area contributed by atoms with Gasteiger partial charge in [-0.25, -0.2) is 0 Å². The van der Waals surface area contributed by atoms with Crippen LogP contribution < -0.4 is 10.6 Å². The molecule has 0 unspecified atom stereocenters. The highest BCUT2D eigenvalue weighted by molar-refractivity contribution is 6.39. The van der Waals surface area contributed by atoms with Crippen molar-refractivity contribution in [3.05, 3.63) is 12.4 Å². The third-order valence-electron chi connectivity index (χ3n) is 3.88. The zero-order valence-corrected chi connectivity index (χ0v) is 15.7. The minimum absolute atomic E-state index is 0.0725. The molecular weight excluding hydrogens is 322 g/mol. The van der Waals surface area contributed by atoms with Crippen LogP contribution in [-0.2, 0) is 16.1 Å². The number of rotatable bonds is 10. The molecule has 0 atom stereocenters. The molecule has 0 fully saturated rings. The summed E-state index contributed by atoms with van der Waals surface area (Å²) in [5, 5.41) is 19.7. The molecule has 0 aliphatic carbocycles. The number of aliphatic hydroxyl groups is 1. The Morgan fingerprint density at radius 1 is 1.24 bits per heavy atom. The van der Waals surface area contributed by atoms with E-state index >= 15 is 0 Å². The Morgan fingerprint density at radius 2 is 1.88 bits per heavy atom. The number of likely N-dealkylation sites (N-methyl/N-ethyl adjacent to an activating group) is 1. The van der Waals surface area contributed by atoms with E-state index < -0.39 is 17.4 Å². The van der Waals surface area contributed by atoms with E-state index in [9.17, 15) is 14.7 Å². The van der Waals surface area contributed by atoms with Gasteiger partial charge in [0.15, 0.2) is 0 Å². The molecular formula is C17H31N5O3. The molecule has 1 heterocycles. The van der Waals surface area contributed by atoms with Crippen molar-refractivity contribution in [2.45, 2.75) is 51.7 Å². The van der Waals surface area contributed by atoms with E-state index in [0.29, 0.717) is 25.1 Å². The summed E-state index contributed by atoms with van der Waals surface area (Å²) in [6, 6.07) is 0. The van der Waals surface area contributed by atoms with Gasteiger partial charge in [-0.2, -0.15) is 5.10 Å². The molecule has 1 aromatic heterocycles. The van der Waals surface area contributed by atoms with Crippen molar-refractivity contribution in [2.75, 3.05) is 32.5 Å². The van der Waals surface area contributed by atoms with Crippen LogP contribution in [0.4, 0.5) is 5.69 Å². The first-order chi connectivity index (χ1) is 11.8. The van der Waals surface area contributed by atoms with E-state index in [0.717, 1.165) is 19.4 Å². The third kappa shape index (κ3) is 7.66. The fraction of sp³-hybridized carbons (Fsp3) is 0.706. The normalized spacial score (nSPS) is 11.6. The standard InChI is InChI=1S/C17H31N5O3/c1-5-7-17(25,8-6-2)13-18-15(23)16(24)20-14-11-19-22(12-14)10-9-21(3)4/h11-12,25H,5-10,13H2,1-4H3,(H,18,23)(H,20,24). The largest absolute Gasteiger partial charge is 0.388 e. The Morgan fingerprint density at radius 3 is 2.44 bits per heavy atom. The second-order valence-electron chi connectivity index (χ2n) is 6.66. The molecule has 0 aliphatic rings. The van der Waals surface area contributed by atoms with E-state index in [1.165, 1.54) is 6.20 Å². The summed E-state index contributed by atoms with van der Waals surface area (Å²) in [7, 11) is 3.93. The lowest BCUT2D eigenvalue weighted by atomic mass is 9.92. The lowest BCUT2D eigenvalue weighted by molar-refractivity contribution is -0.137. The third-order valence-corrected chi connectivity index (χ3v) is 3.88. The first-order valence-electron chi connectivity index (χ1n) is 8.78. The summed E-state index contributed by atoms with van der Waals surface area (Å²) in [4.78, 5) is 26.0. The van der Waals surface area contributed by atoms with Gasteiger partial charge in [0.25, 0.3) is 0 Å². The molecule has 0 saturated carbocycles. The topological polar surface area (TPSA) is 99.5 Å². The van der Waals surface area contributed by atoms with Gasteiger partial charge in [0, 0.05) is 19.3 Å². The van der Waals surface area contributed by atoms with Crippen molar-refractivity contribution in [1.29, 1.82) is 0 Å². The van der Waals surface area contributed by atoms with Crippen molar-refractivity contribution in [3.8, 4) is 0 Å². The number of nitrogens with one attached hydrogen (secondary N) is 2. The number of anilines is 1. The molecule has 0 aliphatic heterocycles. The van der Waals surface area contributed by atoms with E-state index in [1.807, 2.05) is 32.8 Å². The average Bonchev–Trinajstić information content (AvgIpc) is 2.98. The summed E-state index contributed by atoms with van der Waals surface area (Å²) in [5.41, 5.74) is -0.493. The number of amides is 2. The van der Waals surface area contributed by atoms with Crippen molar-refractivity contribution in [1.82, 2.24) is 20.0 Å². The molecule has 3 N–H and O–H groups in total. The van der Waals surface area contributed by atoms with Crippen molar-refractivity contribution < 1.29 is 14.7 Å². The van der Waals surface area contributed by atoms with Gasteiger partial charge in [0.05, 0.1) is 24.0 Å². The van der Waals surface area contributed by atoms with Crippen molar-refractivity contribution in [2.24, 2.45) is 0 Å². The SMILES string of the molecule is CCCC(O)(CCC)CNC(=O)C(=O)Nc1cnn(CCN(C)C)c1. The van der Waals surface area contributed by atoms with Gasteiger partial charge in [0.2, 0.25) is 0 Å². The highest BCUT2D eigenvalue weighted by atomic mass is 16.3. The molecule has 0 aromatic carbocycles. The molecule has 0 radical (unpaired) electrons. The van der Waals surface area contributed by atoms with Gasteiger partial charge in [-0.1, -0.05) is 26.7 Å². The Labute approximate surface area is 149 Å².